The maximum Gasteiger partial charge on any atom is 0.129 e. The Hall–Kier alpha value is -0.560. The fraction of sp³-hybridized carbons (Fsp3) is 0.444. The van der Waals surface area contributed by atoms with Crippen molar-refractivity contribution in [1.82, 2.24) is 4.98 Å². The van der Waals surface area contributed by atoms with Crippen LogP contribution in [0.1, 0.15) is 26.3 Å². The average Bonchev–Trinajstić information content (AvgIpc) is 2.10. The van der Waals surface area contributed by atoms with Gasteiger partial charge in [0.15, 0.2) is 0 Å². The van der Waals surface area contributed by atoms with Crippen LogP contribution in [-0.2, 0) is 6.42 Å². The summed E-state index contributed by atoms with van der Waals surface area (Å²) in [7, 11) is 0. The monoisotopic (exact) mass is 171 g/mol. The first-order chi connectivity index (χ1) is 5.33. The Morgan fingerprint density at radius 2 is 2.00 bits per heavy atom. The Morgan fingerprint density at radius 3 is 2.36 bits per heavy atom. The van der Waals surface area contributed by atoms with Crippen molar-refractivity contribution in [2.24, 2.45) is 0 Å². The molecular formula is C9H14ClN. The Morgan fingerprint density at radius 1 is 1.36 bits per heavy atom. The third-order valence-corrected chi connectivity index (χ3v) is 1.42. The molecular weight excluding hydrogens is 158 g/mol. The number of pyridine rings is 1. The van der Waals surface area contributed by atoms with E-state index in [0.717, 1.165) is 6.42 Å². The van der Waals surface area contributed by atoms with Crippen molar-refractivity contribution in [3.63, 3.8) is 0 Å². The number of nitrogens with zero attached hydrogens (tertiary/aromatic N) is 1. The summed E-state index contributed by atoms with van der Waals surface area (Å²) in [5, 5.41) is 0.562. The minimum Gasteiger partial charge on any atom is -0.244 e. The summed E-state index contributed by atoms with van der Waals surface area (Å²) >= 11 is 5.56. The van der Waals surface area contributed by atoms with Crippen molar-refractivity contribution in [2.45, 2.75) is 27.2 Å². The van der Waals surface area contributed by atoms with Gasteiger partial charge < -0.3 is 0 Å². The third kappa shape index (κ3) is 3.99. The fourth-order valence-corrected chi connectivity index (χ4v) is 0.727. The van der Waals surface area contributed by atoms with Crippen LogP contribution in [-0.4, -0.2) is 4.98 Å². The Balaban J connectivity index is 0.000000461. The van der Waals surface area contributed by atoms with Crippen LogP contribution >= 0.6 is 11.6 Å². The first kappa shape index (κ1) is 10.4. The first-order valence-electron chi connectivity index (χ1n) is 3.93. The molecule has 0 fully saturated rings. The van der Waals surface area contributed by atoms with Gasteiger partial charge in [0, 0.05) is 6.20 Å². The zero-order valence-corrected chi connectivity index (χ0v) is 8.02. The van der Waals surface area contributed by atoms with Gasteiger partial charge in [0.25, 0.3) is 0 Å². The number of halogens is 1. The fourth-order valence-electron chi connectivity index (χ4n) is 0.616. The van der Waals surface area contributed by atoms with E-state index in [-0.39, 0.29) is 0 Å². The van der Waals surface area contributed by atoms with Crippen LogP contribution in [0.4, 0.5) is 0 Å². The van der Waals surface area contributed by atoms with E-state index in [4.69, 9.17) is 11.6 Å². The summed E-state index contributed by atoms with van der Waals surface area (Å²) in [5.41, 5.74) is 1.22. The van der Waals surface area contributed by atoms with Crippen LogP contribution in [0.15, 0.2) is 18.3 Å². The van der Waals surface area contributed by atoms with Crippen LogP contribution in [0.2, 0.25) is 5.15 Å². The van der Waals surface area contributed by atoms with Gasteiger partial charge in [-0.25, -0.2) is 4.98 Å². The molecule has 1 aromatic heterocycles. The van der Waals surface area contributed by atoms with Gasteiger partial charge in [-0.3, -0.25) is 0 Å². The van der Waals surface area contributed by atoms with Gasteiger partial charge >= 0.3 is 0 Å². The van der Waals surface area contributed by atoms with Crippen molar-refractivity contribution in [1.29, 1.82) is 0 Å². The van der Waals surface area contributed by atoms with Crippen molar-refractivity contribution >= 4 is 11.6 Å². The molecule has 0 unspecified atom stereocenters. The molecule has 0 aliphatic carbocycles. The summed E-state index contributed by atoms with van der Waals surface area (Å²) in [6.07, 6.45) is 2.81. The molecule has 0 atom stereocenters. The second kappa shape index (κ2) is 6.17. The molecule has 1 rings (SSSR count). The molecule has 0 N–H and O–H groups in total. The molecule has 0 aliphatic heterocycles. The summed E-state index contributed by atoms with van der Waals surface area (Å²) < 4.78 is 0. The molecule has 0 saturated carbocycles. The number of rotatable bonds is 1. The van der Waals surface area contributed by atoms with Crippen LogP contribution in [0.3, 0.4) is 0 Å². The van der Waals surface area contributed by atoms with Crippen LogP contribution in [0.25, 0.3) is 0 Å². The molecule has 1 aromatic rings. The summed E-state index contributed by atoms with van der Waals surface area (Å²) in [5.74, 6) is 0. The van der Waals surface area contributed by atoms with Crippen molar-refractivity contribution in [2.75, 3.05) is 0 Å². The van der Waals surface area contributed by atoms with E-state index in [2.05, 4.69) is 11.9 Å². The number of hydrogen-bond acceptors (Lipinski definition) is 1. The van der Waals surface area contributed by atoms with E-state index < -0.39 is 0 Å². The normalized spacial score (nSPS) is 8.36. The van der Waals surface area contributed by atoms with Crippen LogP contribution < -0.4 is 0 Å². The van der Waals surface area contributed by atoms with Gasteiger partial charge in [-0.1, -0.05) is 38.4 Å². The average molecular weight is 172 g/mol. The van der Waals surface area contributed by atoms with Gasteiger partial charge in [-0.2, -0.15) is 0 Å². The molecule has 0 spiro atoms. The maximum absolute atomic E-state index is 5.56. The van der Waals surface area contributed by atoms with Crippen molar-refractivity contribution < 1.29 is 0 Å². The highest BCUT2D eigenvalue weighted by Gasteiger charge is 1.87. The minimum absolute atomic E-state index is 0.562. The number of aryl methyl sites for hydroxylation is 1. The summed E-state index contributed by atoms with van der Waals surface area (Å²) in [6, 6.07) is 3.79. The second-order valence-electron chi connectivity index (χ2n) is 1.84. The largest absolute Gasteiger partial charge is 0.244 e. The standard InChI is InChI=1S/C7H8ClN.C2H6/c1-2-6-3-4-7(8)9-5-6;1-2/h3-5H,2H2,1H3;1-2H3. The predicted octanol–water partition coefficient (Wildman–Crippen LogP) is 3.32. The second-order valence-corrected chi connectivity index (χ2v) is 2.23. The Labute approximate surface area is 73.4 Å². The van der Waals surface area contributed by atoms with Gasteiger partial charge in [-0.05, 0) is 18.1 Å². The third-order valence-electron chi connectivity index (χ3n) is 1.20. The molecule has 0 aromatic carbocycles. The van der Waals surface area contributed by atoms with Gasteiger partial charge in [0.05, 0.1) is 0 Å². The smallest absolute Gasteiger partial charge is 0.129 e. The van der Waals surface area contributed by atoms with Crippen molar-refractivity contribution in [3.05, 3.63) is 29.0 Å². The van der Waals surface area contributed by atoms with E-state index in [1.807, 2.05) is 19.9 Å². The summed E-state index contributed by atoms with van der Waals surface area (Å²) in [4.78, 5) is 3.92. The lowest BCUT2D eigenvalue weighted by Gasteiger charge is -1.92. The topological polar surface area (TPSA) is 12.9 Å². The molecule has 0 amide bonds. The van der Waals surface area contributed by atoms with E-state index in [0.29, 0.717) is 5.15 Å². The lowest BCUT2D eigenvalue weighted by Crippen LogP contribution is -1.80. The highest BCUT2D eigenvalue weighted by molar-refractivity contribution is 6.29. The predicted molar refractivity (Wildman–Crippen MR) is 50.0 cm³/mol. The van der Waals surface area contributed by atoms with Crippen LogP contribution in [0, 0.1) is 0 Å². The first-order valence-corrected chi connectivity index (χ1v) is 4.31. The van der Waals surface area contributed by atoms with E-state index in [9.17, 15) is 0 Å². The molecule has 0 radical (unpaired) electrons. The van der Waals surface area contributed by atoms with E-state index in [1.54, 1.807) is 12.3 Å². The highest BCUT2D eigenvalue weighted by atomic mass is 35.5. The zero-order chi connectivity index (χ0) is 8.69. The molecule has 1 heterocycles. The minimum atomic E-state index is 0.562. The highest BCUT2D eigenvalue weighted by Crippen LogP contribution is 2.04. The maximum atomic E-state index is 5.56. The molecule has 11 heavy (non-hydrogen) atoms. The molecule has 1 nitrogen and oxygen atoms in total. The lowest BCUT2D eigenvalue weighted by atomic mass is 10.2. The van der Waals surface area contributed by atoms with Gasteiger partial charge in [0.2, 0.25) is 0 Å². The van der Waals surface area contributed by atoms with Gasteiger partial charge in [0.1, 0.15) is 5.15 Å². The number of aromatic nitrogens is 1. The number of hydrogen-bond donors (Lipinski definition) is 0. The molecule has 62 valence electrons. The quantitative estimate of drug-likeness (QED) is 0.591. The molecule has 0 aliphatic rings. The lowest BCUT2D eigenvalue weighted by molar-refractivity contribution is 1.10. The molecule has 0 saturated heterocycles. The molecule has 0 bridgehead atoms. The zero-order valence-electron chi connectivity index (χ0n) is 7.26. The Bertz CT molecular complexity index is 181. The van der Waals surface area contributed by atoms with Gasteiger partial charge in [-0.15, -0.1) is 0 Å². The van der Waals surface area contributed by atoms with E-state index >= 15 is 0 Å². The van der Waals surface area contributed by atoms with Crippen LogP contribution in [0.5, 0.6) is 0 Å². The summed E-state index contributed by atoms with van der Waals surface area (Å²) in [6.45, 7) is 6.09. The molecule has 2 heteroatoms. The Kier molecular flexibility index (Phi) is 5.86. The van der Waals surface area contributed by atoms with Crippen molar-refractivity contribution in [3.8, 4) is 0 Å². The SMILES string of the molecule is CC.CCc1ccc(Cl)nc1. The van der Waals surface area contributed by atoms with E-state index in [1.165, 1.54) is 5.56 Å².